The maximum atomic E-state index is 11.8. The molecule has 1 atom stereocenters. The van der Waals surface area contributed by atoms with E-state index in [9.17, 15) is 13.7 Å². The third kappa shape index (κ3) is 3.87. The van der Waals surface area contributed by atoms with Crippen molar-refractivity contribution in [2.45, 2.75) is 17.4 Å². The molecule has 1 fully saturated rings. The Labute approximate surface area is 173 Å². The van der Waals surface area contributed by atoms with Gasteiger partial charge in [0.15, 0.2) is 9.84 Å². The molecule has 1 aliphatic rings. The van der Waals surface area contributed by atoms with Gasteiger partial charge in [-0.25, -0.2) is 8.42 Å². The summed E-state index contributed by atoms with van der Waals surface area (Å²) in [7, 11) is -1.92. The lowest BCUT2D eigenvalue weighted by Crippen LogP contribution is -2.20. The maximum Gasteiger partial charge on any atom is 0.231 e. The van der Waals surface area contributed by atoms with Gasteiger partial charge in [-0.3, -0.25) is 0 Å². The second-order valence-electron chi connectivity index (χ2n) is 6.90. The standard InChI is InChI=1S/C19H20N6O4S/c1-28-15-7-13(30(2,26)27)3-4-14(15)23-19-24-17-16(11(8-20)9-21-17)18(25-19)22-12-5-6-29-10-12/h3-4,7,9,12H,5-6,10H2,1-2H3,(H3,21,22,23,24,25)/t12-/m0/s1. The lowest BCUT2D eigenvalue weighted by Gasteiger charge is -2.15. The SMILES string of the molecule is COc1cc(S(C)(=O)=O)ccc1Nc1nc(N[C@H]2CCOC2)c2c(C#N)c[nH]c2n1. The van der Waals surface area contributed by atoms with Crippen LogP contribution in [0.1, 0.15) is 12.0 Å². The van der Waals surface area contributed by atoms with E-state index in [1.54, 1.807) is 12.3 Å². The molecule has 0 spiro atoms. The number of anilines is 3. The first-order chi connectivity index (χ1) is 14.4. The predicted octanol–water partition coefficient (Wildman–Crippen LogP) is 2.19. The summed E-state index contributed by atoms with van der Waals surface area (Å²) in [5, 5.41) is 16.4. The molecule has 1 saturated heterocycles. The molecule has 3 aromatic rings. The first kappa shape index (κ1) is 19.9. The van der Waals surface area contributed by atoms with Crippen LogP contribution in [0.25, 0.3) is 11.0 Å². The van der Waals surface area contributed by atoms with E-state index in [2.05, 4.69) is 31.7 Å². The second kappa shape index (κ2) is 7.81. The van der Waals surface area contributed by atoms with Gasteiger partial charge in [-0.15, -0.1) is 0 Å². The van der Waals surface area contributed by atoms with E-state index in [1.807, 2.05) is 0 Å². The number of hydrogen-bond acceptors (Lipinski definition) is 9. The van der Waals surface area contributed by atoms with Crippen LogP contribution in [-0.4, -0.2) is 56.0 Å². The summed E-state index contributed by atoms with van der Waals surface area (Å²) in [6.07, 6.45) is 3.55. The summed E-state index contributed by atoms with van der Waals surface area (Å²) >= 11 is 0. The fraction of sp³-hybridized carbons (Fsp3) is 0.316. The average Bonchev–Trinajstić information content (AvgIpc) is 3.37. The minimum absolute atomic E-state index is 0.0842. The fourth-order valence-corrected chi connectivity index (χ4v) is 3.89. The molecule has 3 heterocycles. The van der Waals surface area contributed by atoms with Gasteiger partial charge in [0.2, 0.25) is 5.95 Å². The first-order valence-corrected chi connectivity index (χ1v) is 11.1. The highest BCUT2D eigenvalue weighted by Gasteiger charge is 2.21. The summed E-state index contributed by atoms with van der Waals surface area (Å²) in [5.41, 5.74) is 1.44. The number of fused-ring (bicyclic) bond motifs is 1. The zero-order valence-corrected chi connectivity index (χ0v) is 17.2. The first-order valence-electron chi connectivity index (χ1n) is 9.17. The lowest BCUT2D eigenvalue weighted by atomic mass is 10.2. The minimum atomic E-state index is -3.37. The molecule has 0 saturated carbocycles. The number of aromatic nitrogens is 3. The van der Waals surface area contributed by atoms with Crippen LogP contribution in [0.15, 0.2) is 29.3 Å². The Morgan fingerprint density at radius 2 is 2.20 bits per heavy atom. The van der Waals surface area contributed by atoms with E-state index in [-0.39, 0.29) is 16.9 Å². The van der Waals surface area contributed by atoms with E-state index in [1.165, 1.54) is 19.2 Å². The zero-order chi connectivity index (χ0) is 21.3. The molecule has 0 amide bonds. The van der Waals surface area contributed by atoms with Crippen molar-refractivity contribution in [3.63, 3.8) is 0 Å². The number of ether oxygens (including phenoxy) is 2. The van der Waals surface area contributed by atoms with Crippen molar-refractivity contribution in [1.82, 2.24) is 15.0 Å². The molecule has 0 bridgehead atoms. The van der Waals surface area contributed by atoms with Crippen molar-refractivity contribution in [3.05, 3.63) is 30.0 Å². The molecule has 11 heteroatoms. The van der Waals surface area contributed by atoms with Gasteiger partial charge in [0.25, 0.3) is 0 Å². The molecule has 0 unspecified atom stereocenters. The molecule has 4 rings (SSSR count). The molecular weight excluding hydrogens is 408 g/mol. The highest BCUT2D eigenvalue weighted by atomic mass is 32.2. The van der Waals surface area contributed by atoms with Crippen molar-refractivity contribution < 1.29 is 17.9 Å². The zero-order valence-electron chi connectivity index (χ0n) is 16.4. The van der Waals surface area contributed by atoms with Gasteiger partial charge in [0.05, 0.1) is 41.3 Å². The van der Waals surface area contributed by atoms with Gasteiger partial charge in [0, 0.05) is 25.1 Å². The number of hydrogen-bond donors (Lipinski definition) is 3. The number of nitrogens with zero attached hydrogens (tertiary/aromatic N) is 3. The van der Waals surface area contributed by atoms with Gasteiger partial charge >= 0.3 is 0 Å². The van der Waals surface area contributed by atoms with Crippen LogP contribution < -0.4 is 15.4 Å². The van der Waals surface area contributed by atoms with Gasteiger partial charge in [0.1, 0.15) is 23.3 Å². The Bertz CT molecular complexity index is 1240. The fourth-order valence-electron chi connectivity index (χ4n) is 3.25. The van der Waals surface area contributed by atoms with Gasteiger partial charge < -0.3 is 25.1 Å². The van der Waals surface area contributed by atoms with Crippen molar-refractivity contribution in [2.75, 3.05) is 37.2 Å². The van der Waals surface area contributed by atoms with Gasteiger partial charge in [-0.1, -0.05) is 0 Å². The van der Waals surface area contributed by atoms with E-state index < -0.39 is 9.84 Å². The van der Waals surface area contributed by atoms with Crippen molar-refractivity contribution >= 4 is 38.3 Å². The summed E-state index contributed by atoms with van der Waals surface area (Å²) in [6, 6.07) is 6.74. The van der Waals surface area contributed by atoms with Crippen molar-refractivity contribution in [3.8, 4) is 11.8 Å². The Kier molecular flexibility index (Phi) is 5.19. The average molecular weight is 428 g/mol. The van der Waals surface area contributed by atoms with E-state index in [4.69, 9.17) is 9.47 Å². The van der Waals surface area contributed by atoms with Crippen LogP contribution in [0.5, 0.6) is 5.75 Å². The Morgan fingerprint density at radius 3 is 2.87 bits per heavy atom. The summed E-state index contributed by atoms with van der Waals surface area (Å²) in [4.78, 5) is 12.1. The summed E-state index contributed by atoms with van der Waals surface area (Å²) in [5.74, 6) is 1.12. The third-order valence-electron chi connectivity index (χ3n) is 4.77. The number of benzene rings is 1. The van der Waals surface area contributed by atoms with Crippen LogP contribution in [0.4, 0.5) is 17.5 Å². The monoisotopic (exact) mass is 428 g/mol. The molecule has 10 nitrogen and oxygen atoms in total. The number of methoxy groups -OCH3 is 1. The van der Waals surface area contributed by atoms with Crippen LogP contribution in [0, 0.1) is 11.3 Å². The van der Waals surface area contributed by atoms with E-state index in [0.717, 1.165) is 12.7 Å². The van der Waals surface area contributed by atoms with Crippen molar-refractivity contribution in [2.24, 2.45) is 0 Å². The number of nitrogens with one attached hydrogen (secondary N) is 3. The molecule has 0 aliphatic carbocycles. The molecule has 30 heavy (non-hydrogen) atoms. The summed E-state index contributed by atoms with van der Waals surface area (Å²) in [6.45, 7) is 1.22. The Balaban J connectivity index is 1.73. The second-order valence-corrected chi connectivity index (χ2v) is 8.91. The minimum Gasteiger partial charge on any atom is -0.495 e. The number of nitriles is 1. The van der Waals surface area contributed by atoms with Crippen LogP contribution in [-0.2, 0) is 14.6 Å². The van der Waals surface area contributed by atoms with Crippen LogP contribution in [0.3, 0.4) is 0 Å². The highest BCUT2D eigenvalue weighted by molar-refractivity contribution is 7.90. The molecular formula is C19H20N6O4S. The number of aromatic amines is 1. The van der Waals surface area contributed by atoms with Gasteiger partial charge in [-0.05, 0) is 18.6 Å². The van der Waals surface area contributed by atoms with Gasteiger partial charge in [-0.2, -0.15) is 15.2 Å². The molecule has 0 radical (unpaired) electrons. The highest BCUT2D eigenvalue weighted by Crippen LogP contribution is 2.32. The van der Waals surface area contributed by atoms with Crippen LogP contribution in [0.2, 0.25) is 0 Å². The molecule has 1 aliphatic heterocycles. The normalized spacial score (nSPS) is 16.4. The number of H-pyrrole nitrogens is 1. The number of sulfone groups is 1. The van der Waals surface area contributed by atoms with Crippen molar-refractivity contribution in [1.29, 1.82) is 5.26 Å². The third-order valence-corrected chi connectivity index (χ3v) is 5.88. The summed E-state index contributed by atoms with van der Waals surface area (Å²) < 4.78 is 34.4. The smallest absolute Gasteiger partial charge is 0.231 e. The molecule has 1 aromatic carbocycles. The number of rotatable bonds is 6. The Morgan fingerprint density at radius 1 is 1.37 bits per heavy atom. The lowest BCUT2D eigenvalue weighted by molar-refractivity contribution is 0.195. The predicted molar refractivity (Wildman–Crippen MR) is 111 cm³/mol. The molecule has 156 valence electrons. The maximum absolute atomic E-state index is 11.8. The Hall–Kier alpha value is -3.36. The van der Waals surface area contributed by atoms with Crippen LogP contribution >= 0.6 is 0 Å². The quantitative estimate of drug-likeness (QED) is 0.538. The van der Waals surface area contributed by atoms with E-state index in [0.29, 0.717) is 47.1 Å². The topological polar surface area (TPSA) is 142 Å². The molecule has 3 N–H and O–H groups in total. The van der Waals surface area contributed by atoms with E-state index >= 15 is 0 Å². The molecule has 2 aromatic heterocycles. The largest absolute Gasteiger partial charge is 0.495 e.